The Morgan fingerprint density at radius 2 is 2.06 bits per heavy atom. The smallest absolute Gasteiger partial charge is 0.119 e. The number of imidazole rings is 1. The van der Waals surface area contributed by atoms with Crippen molar-refractivity contribution in [2.75, 3.05) is 13.2 Å². The van der Waals surface area contributed by atoms with Crippen LogP contribution < -0.4 is 10.5 Å². The highest BCUT2D eigenvalue weighted by Gasteiger charge is 1.95. The van der Waals surface area contributed by atoms with Gasteiger partial charge in [0.1, 0.15) is 12.4 Å². The fraction of sp³-hybridized carbons (Fsp3) is 0.308. The van der Waals surface area contributed by atoms with Crippen LogP contribution >= 0.6 is 0 Å². The van der Waals surface area contributed by atoms with E-state index in [9.17, 15) is 0 Å². The van der Waals surface area contributed by atoms with Gasteiger partial charge < -0.3 is 15.0 Å². The number of benzene rings is 1. The van der Waals surface area contributed by atoms with Crippen LogP contribution in [0.15, 0.2) is 43.0 Å². The first-order valence-electron chi connectivity index (χ1n) is 5.76. The SMILES string of the molecule is NCCc1ccc(OCCn2ccnc2)cc1. The minimum absolute atomic E-state index is 0.645. The lowest BCUT2D eigenvalue weighted by molar-refractivity contribution is 0.298. The van der Waals surface area contributed by atoms with Crippen LogP contribution in [0.5, 0.6) is 5.75 Å². The molecular weight excluding hydrogens is 214 g/mol. The van der Waals surface area contributed by atoms with Crippen molar-refractivity contribution in [1.82, 2.24) is 9.55 Å². The summed E-state index contributed by atoms with van der Waals surface area (Å²) < 4.78 is 7.62. The fourth-order valence-corrected chi connectivity index (χ4v) is 1.61. The molecule has 0 spiro atoms. The normalized spacial score (nSPS) is 10.4. The first-order chi connectivity index (χ1) is 8.38. The summed E-state index contributed by atoms with van der Waals surface area (Å²) in [5, 5.41) is 0. The summed E-state index contributed by atoms with van der Waals surface area (Å²) in [6.45, 7) is 2.14. The summed E-state index contributed by atoms with van der Waals surface area (Å²) in [5.41, 5.74) is 6.74. The Labute approximate surface area is 101 Å². The molecule has 0 bridgehead atoms. The van der Waals surface area contributed by atoms with Crippen LogP contribution in [0.4, 0.5) is 0 Å². The van der Waals surface area contributed by atoms with Crippen molar-refractivity contribution >= 4 is 0 Å². The minimum atomic E-state index is 0.645. The topological polar surface area (TPSA) is 53.1 Å². The molecule has 0 atom stereocenters. The van der Waals surface area contributed by atoms with Crippen LogP contribution in [-0.2, 0) is 13.0 Å². The number of hydrogen-bond acceptors (Lipinski definition) is 3. The van der Waals surface area contributed by atoms with Crippen LogP contribution in [0.3, 0.4) is 0 Å². The van der Waals surface area contributed by atoms with Gasteiger partial charge in [-0.15, -0.1) is 0 Å². The van der Waals surface area contributed by atoms with Crippen molar-refractivity contribution in [3.63, 3.8) is 0 Å². The largest absolute Gasteiger partial charge is 0.492 e. The van der Waals surface area contributed by atoms with Crippen LogP contribution in [0.2, 0.25) is 0 Å². The average molecular weight is 231 g/mol. The lowest BCUT2D eigenvalue weighted by Gasteiger charge is -2.07. The predicted molar refractivity (Wildman–Crippen MR) is 66.9 cm³/mol. The van der Waals surface area contributed by atoms with Gasteiger partial charge in [0.25, 0.3) is 0 Å². The van der Waals surface area contributed by atoms with Crippen molar-refractivity contribution < 1.29 is 4.74 Å². The van der Waals surface area contributed by atoms with Crippen molar-refractivity contribution in [3.8, 4) is 5.75 Å². The van der Waals surface area contributed by atoms with Crippen LogP contribution in [0, 0.1) is 0 Å². The zero-order valence-electron chi connectivity index (χ0n) is 9.75. The molecule has 2 rings (SSSR count). The number of hydrogen-bond donors (Lipinski definition) is 1. The molecule has 4 nitrogen and oxygen atoms in total. The molecule has 90 valence electrons. The highest BCUT2D eigenvalue weighted by Crippen LogP contribution is 2.12. The second kappa shape index (κ2) is 6.06. The van der Waals surface area contributed by atoms with Gasteiger partial charge in [0.15, 0.2) is 0 Å². The zero-order chi connectivity index (χ0) is 11.9. The lowest BCUT2D eigenvalue weighted by atomic mass is 10.1. The predicted octanol–water partition coefficient (Wildman–Crippen LogP) is 1.46. The van der Waals surface area contributed by atoms with Gasteiger partial charge in [-0.25, -0.2) is 4.98 Å². The maximum absolute atomic E-state index is 5.63. The molecule has 0 aliphatic rings. The molecule has 0 aliphatic heterocycles. The van der Waals surface area contributed by atoms with E-state index >= 15 is 0 Å². The molecule has 0 saturated heterocycles. The van der Waals surface area contributed by atoms with Crippen LogP contribution in [0.25, 0.3) is 0 Å². The zero-order valence-corrected chi connectivity index (χ0v) is 9.75. The van der Waals surface area contributed by atoms with E-state index in [1.165, 1.54) is 5.56 Å². The molecule has 1 aromatic heterocycles. The first-order valence-corrected chi connectivity index (χ1v) is 5.76. The van der Waals surface area contributed by atoms with E-state index in [1.807, 2.05) is 22.9 Å². The summed E-state index contributed by atoms with van der Waals surface area (Å²) in [4.78, 5) is 3.98. The average Bonchev–Trinajstić information content (AvgIpc) is 2.85. The molecule has 0 aliphatic carbocycles. The molecule has 4 heteroatoms. The van der Waals surface area contributed by atoms with Gasteiger partial charge in [-0.3, -0.25) is 0 Å². The van der Waals surface area contributed by atoms with E-state index in [2.05, 4.69) is 17.1 Å². The minimum Gasteiger partial charge on any atom is -0.492 e. The number of nitrogens with two attached hydrogens (primary N) is 1. The van der Waals surface area contributed by atoms with Crippen LogP contribution in [-0.4, -0.2) is 22.7 Å². The number of nitrogens with zero attached hydrogens (tertiary/aromatic N) is 2. The van der Waals surface area contributed by atoms with E-state index in [0.29, 0.717) is 13.2 Å². The Kier molecular flexibility index (Phi) is 4.16. The van der Waals surface area contributed by atoms with E-state index in [0.717, 1.165) is 18.7 Å². The molecule has 0 amide bonds. The molecule has 0 unspecified atom stereocenters. The Balaban J connectivity index is 1.79. The van der Waals surface area contributed by atoms with Gasteiger partial charge in [-0.2, -0.15) is 0 Å². The third-order valence-electron chi connectivity index (χ3n) is 2.53. The summed E-state index contributed by atoms with van der Waals surface area (Å²) in [7, 11) is 0. The van der Waals surface area contributed by atoms with Gasteiger partial charge in [0.2, 0.25) is 0 Å². The molecule has 0 saturated carbocycles. The summed E-state index contributed by atoms with van der Waals surface area (Å²) in [6, 6.07) is 8.08. The van der Waals surface area contributed by atoms with Crippen molar-refractivity contribution in [3.05, 3.63) is 48.5 Å². The van der Waals surface area contributed by atoms with E-state index in [1.54, 1.807) is 12.5 Å². The molecule has 1 heterocycles. The number of aromatic nitrogens is 2. The second-order valence-electron chi connectivity index (χ2n) is 3.83. The highest BCUT2D eigenvalue weighted by molar-refractivity contribution is 5.27. The first kappa shape index (κ1) is 11.7. The van der Waals surface area contributed by atoms with Gasteiger partial charge in [0, 0.05) is 12.4 Å². The number of rotatable bonds is 6. The molecular formula is C13H17N3O. The van der Waals surface area contributed by atoms with Crippen molar-refractivity contribution in [2.24, 2.45) is 5.73 Å². The summed E-state index contributed by atoms with van der Waals surface area (Å²) in [5.74, 6) is 0.894. The molecule has 0 fully saturated rings. The molecule has 1 aromatic carbocycles. The summed E-state index contributed by atoms with van der Waals surface area (Å²) >= 11 is 0. The van der Waals surface area contributed by atoms with Gasteiger partial charge >= 0.3 is 0 Å². The van der Waals surface area contributed by atoms with Gasteiger partial charge in [0.05, 0.1) is 12.9 Å². The second-order valence-corrected chi connectivity index (χ2v) is 3.83. The Morgan fingerprint density at radius 1 is 1.24 bits per heavy atom. The summed E-state index contributed by atoms with van der Waals surface area (Å²) in [6.07, 6.45) is 6.39. The van der Waals surface area contributed by atoms with E-state index < -0.39 is 0 Å². The highest BCUT2D eigenvalue weighted by atomic mass is 16.5. The Bertz CT molecular complexity index is 422. The third-order valence-corrected chi connectivity index (χ3v) is 2.53. The fourth-order valence-electron chi connectivity index (χ4n) is 1.61. The molecule has 2 aromatic rings. The monoisotopic (exact) mass is 231 g/mol. The lowest BCUT2D eigenvalue weighted by Crippen LogP contribution is -2.06. The standard InChI is InChI=1S/C13H17N3O/c14-6-5-12-1-3-13(4-2-12)17-10-9-16-8-7-15-11-16/h1-4,7-8,11H,5-6,9-10,14H2. The van der Waals surface area contributed by atoms with E-state index in [4.69, 9.17) is 10.5 Å². The van der Waals surface area contributed by atoms with Crippen LogP contribution in [0.1, 0.15) is 5.56 Å². The third kappa shape index (κ3) is 3.60. The quantitative estimate of drug-likeness (QED) is 0.819. The number of ether oxygens (including phenoxy) is 1. The molecule has 2 N–H and O–H groups in total. The van der Waals surface area contributed by atoms with Crippen molar-refractivity contribution in [2.45, 2.75) is 13.0 Å². The van der Waals surface area contributed by atoms with Gasteiger partial charge in [-0.05, 0) is 30.7 Å². The molecule has 17 heavy (non-hydrogen) atoms. The Hall–Kier alpha value is -1.81. The van der Waals surface area contributed by atoms with Gasteiger partial charge in [-0.1, -0.05) is 12.1 Å². The maximum atomic E-state index is 5.63. The Morgan fingerprint density at radius 3 is 2.71 bits per heavy atom. The van der Waals surface area contributed by atoms with E-state index in [-0.39, 0.29) is 0 Å². The molecule has 0 radical (unpaired) electrons. The van der Waals surface area contributed by atoms with Crippen molar-refractivity contribution in [1.29, 1.82) is 0 Å². The maximum Gasteiger partial charge on any atom is 0.119 e.